The molecule has 1 fully saturated rings. The van der Waals surface area contributed by atoms with Gasteiger partial charge < -0.3 is 9.80 Å². The van der Waals surface area contributed by atoms with E-state index in [4.69, 9.17) is 0 Å². The SMILES string of the molecule is O=C(C1CCN(C2=NS(=O)(=O)c3ccccc32)CC1)N1CCSc2ccccc21. The molecule has 1 saturated heterocycles. The Morgan fingerprint density at radius 1 is 1.00 bits per heavy atom. The molecule has 2 aromatic rings. The number of amides is 1. The number of piperidine rings is 1. The highest BCUT2D eigenvalue weighted by Gasteiger charge is 2.36. The lowest BCUT2D eigenvalue weighted by molar-refractivity contribution is -0.123. The van der Waals surface area contributed by atoms with Crippen LogP contribution in [-0.4, -0.2) is 50.4 Å². The monoisotopic (exact) mass is 427 g/mol. The smallest absolute Gasteiger partial charge is 0.285 e. The quantitative estimate of drug-likeness (QED) is 0.700. The van der Waals surface area contributed by atoms with E-state index in [2.05, 4.69) is 10.5 Å². The van der Waals surface area contributed by atoms with Crippen molar-refractivity contribution < 1.29 is 13.2 Å². The van der Waals surface area contributed by atoms with Crippen molar-refractivity contribution >= 4 is 39.2 Å². The number of benzene rings is 2. The second kappa shape index (κ2) is 7.18. The van der Waals surface area contributed by atoms with Crippen molar-refractivity contribution in [3.63, 3.8) is 0 Å². The molecule has 0 aromatic heterocycles. The van der Waals surface area contributed by atoms with Gasteiger partial charge in [-0.3, -0.25) is 4.79 Å². The molecule has 3 heterocycles. The van der Waals surface area contributed by atoms with Gasteiger partial charge in [-0.25, -0.2) is 0 Å². The highest BCUT2D eigenvalue weighted by Crippen LogP contribution is 2.36. The zero-order valence-corrected chi connectivity index (χ0v) is 17.5. The van der Waals surface area contributed by atoms with Gasteiger partial charge >= 0.3 is 0 Å². The molecule has 0 radical (unpaired) electrons. The van der Waals surface area contributed by atoms with E-state index in [1.165, 1.54) is 0 Å². The molecule has 0 bridgehead atoms. The van der Waals surface area contributed by atoms with E-state index >= 15 is 0 Å². The summed E-state index contributed by atoms with van der Waals surface area (Å²) in [6.07, 6.45) is 1.40. The third-order valence-corrected chi connectivity index (χ3v) is 8.12. The second-order valence-corrected chi connectivity index (χ2v) is 10.2. The van der Waals surface area contributed by atoms with E-state index < -0.39 is 10.0 Å². The normalized spacial score (nSPS) is 20.8. The summed E-state index contributed by atoms with van der Waals surface area (Å²) in [6.45, 7) is 1.99. The molecule has 3 aliphatic rings. The van der Waals surface area contributed by atoms with Gasteiger partial charge in [0.15, 0.2) is 5.84 Å². The summed E-state index contributed by atoms with van der Waals surface area (Å²) in [5, 5.41) is 0. The summed E-state index contributed by atoms with van der Waals surface area (Å²) in [6, 6.07) is 15.0. The molecule has 6 nitrogen and oxygen atoms in total. The van der Waals surface area contributed by atoms with Crippen molar-refractivity contribution in [3.8, 4) is 0 Å². The first-order valence-electron chi connectivity index (χ1n) is 9.77. The van der Waals surface area contributed by atoms with Gasteiger partial charge in [0, 0.05) is 41.8 Å². The maximum absolute atomic E-state index is 13.2. The first kappa shape index (κ1) is 18.7. The number of sulfonamides is 1. The molecule has 5 rings (SSSR count). The lowest BCUT2D eigenvalue weighted by Crippen LogP contribution is -2.45. The van der Waals surface area contributed by atoms with Crippen LogP contribution in [0, 0.1) is 5.92 Å². The Bertz CT molecular complexity index is 1110. The molecule has 150 valence electrons. The number of thioether (sulfide) groups is 1. The molecule has 3 aliphatic heterocycles. The second-order valence-electron chi connectivity index (χ2n) is 7.45. The zero-order chi connectivity index (χ0) is 20.0. The van der Waals surface area contributed by atoms with Crippen molar-refractivity contribution in [2.75, 3.05) is 30.3 Å². The molecule has 0 spiro atoms. The highest BCUT2D eigenvalue weighted by molar-refractivity contribution is 7.99. The largest absolute Gasteiger partial charge is 0.355 e. The van der Waals surface area contributed by atoms with Crippen LogP contribution in [0.5, 0.6) is 0 Å². The van der Waals surface area contributed by atoms with Crippen LogP contribution in [0.25, 0.3) is 0 Å². The van der Waals surface area contributed by atoms with Gasteiger partial charge in [0.1, 0.15) is 4.90 Å². The number of amidine groups is 1. The zero-order valence-electron chi connectivity index (χ0n) is 15.8. The van der Waals surface area contributed by atoms with E-state index in [1.54, 1.807) is 30.0 Å². The van der Waals surface area contributed by atoms with E-state index in [1.807, 2.05) is 34.1 Å². The Labute approximate surface area is 174 Å². The van der Waals surface area contributed by atoms with Gasteiger partial charge in [0.25, 0.3) is 10.0 Å². The van der Waals surface area contributed by atoms with Crippen LogP contribution < -0.4 is 4.90 Å². The molecule has 1 amide bonds. The van der Waals surface area contributed by atoms with E-state index in [9.17, 15) is 13.2 Å². The summed E-state index contributed by atoms with van der Waals surface area (Å²) in [7, 11) is -3.62. The summed E-state index contributed by atoms with van der Waals surface area (Å²) >= 11 is 1.79. The minimum atomic E-state index is -3.62. The average Bonchev–Trinajstić information content (AvgIpc) is 3.04. The number of anilines is 1. The van der Waals surface area contributed by atoms with Gasteiger partial charge in [-0.2, -0.15) is 8.42 Å². The topological polar surface area (TPSA) is 70.0 Å². The first-order chi connectivity index (χ1) is 14.0. The maximum atomic E-state index is 13.2. The van der Waals surface area contributed by atoms with Crippen LogP contribution in [0.2, 0.25) is 0 Å². The molecular weight excluding hydrogens is 406 g/mol. The molecule has 8 heteroatoms. The summed E-state index contributed by atoms with van der Waals surface area (Å²) in [5.41, 5.74) is 1.68. The van der Waals surface area contributed by atoms with Crippen LogP contribution in [0.1, 0.15) is 18.4 Å². The van der Waals surface area contributed by atoms with Gasteiger partial charge in [-0.05, 0) is 37.1 Å². The van der Waals surface area contributed by atoms with E-state index in [0.717, 1.165) is 22.9 Å². The Balaban J connectivity index is 1.31. The molecule has 0 aliphatic carbocycles. The maximum Gasteiger partial charge on any atom is 0.285 e. The van der Waals surface area contributed by atoms with Gasteiger partial charge in [0.05, 0.1) is 5.69 Å². The van der Waals surface area contributed by atoms with Gasteiger partial charge in [0.2, 0.25) is 5.91 Å². The average molecular weight is 428 g/mol. The van der Waals surface area contributed by atoms with Crippen LogP contribution >= 0.6 is 11.8 Å². The highest BCUT2D eigenvalue weighted by atomic mass is 32.2. The van der Waals surface area contributed by atoms with Gasteiger partial charge in [-0.15, -0.1) is 16.2 Å². The lowest BCUT2D eigenvalue weighted by Gasteiger charge is -2.36. The molecular formula is C21H21N3O3S2. The third-order valence-electron chi connectivity index (χ3n) is 5.75. The summed E-state index contributed by atoms with van der Waals surface area (Å²) < 4.78 is 28.7. The number of likely N-dealkylation sites (tertiary alicyclic amines) is 1. The van der Waals surface area contributed by atoms with Crippen LogP contribution in [0.15, 0.2) is 62.7 Å². The number of rotatable bonds is 1. The molecule has 29 heavy (non-hydrogen) atoms. The Hall–Kier alpha value is -2.32. The number of carbonyl (C=O) groups excluding carboxylic acids is 1. The van der Waals surface area contributed by atoms with Crippen molar-refractivity contribution in [2.45, 2.75) is 22.6 Å². The van der Waals surface area contributed by atoms with Crippen molar-refractivity contribution in [3.05, 3.63) is 54.1 Å². The van der Waals surface area contributed by atoms with Crippen LogP contribution in [0.3, 0.4) is 0 Å². The number of nitrogens with zero attached hydrogens (tertiary/aromatic N) is 3. The van der Waals surface area contributed by atoms with Gasteiger partial charge in [-0.1, -0.05) is 24.3 Å². The van der Waals surface area contributed by atoms with Crippen LogP contribution in [0.4, 0.5) is 5.69 Å². The van der Waals surface area contributed by atoms with Crippen LogP contribution in [-0.2, 0) is 14.8 Å². The number of carbonyl (C=O) groups is 1. The fourth-order valence-electron chi connectivity index (χ4n) is 4.27. The van der Waals surface area contributed by atoms with Crippen molar-refractivity contribution in [1.29, 1.82) is 0 Å². The number of para-hydroxylation sites is 1. The molecule has 0 saturated carbocycles. The van der Waals surface area contributed by atoms with Crippen molar-refractivity contribution in [1.82, 2.24) is 4.90 Å². The molecule has 0 unspecified atom stereocenters. The third kappa shape index (κ3) is 3.24. The van der Waals surface area contributed by atoms with Crippen molar-refractivity contribution in [2.24, 2.45) is 10.3 Å². The first-order valence-corrected chi connectivity index (χ1v) is 12.2. The number of hydrogen-bond acceptors (Lipinski definition) is 5. The van der Waals surface area contributed by atoms with E-state index in [0.29, 0.717) is 37.3 Å². The lowest BCUT2D eigenvalue weighted by atomic mass is 9.94. The minimum Gasteiger partial charge on any atom is -0.355 e. The number of hydrogen-bond donors (Lipinski definition) is 0. The molecule has 2 aromatic carbocycles. The Kier molecular flexibility index (Phi) is 4.63. The Morgan fingerprint density at radius 2 is 1.72 bits per heavy atom. The minimum absolute atomic E-state index is 0.0451. The standard InChI is InChI=1S/C21H21N3O3S2/c25-21(24-13-14-28-18-7-3-2-6-17(18)24)15-9-11-23(12-10-15)20-16-5-1-4-8-19(16)29(26,27)22-20/h1-8,15H,9-14H2. The fraction of sp³-hybridized carbons (Fsp3) is 0.333. The predicted molar refractivity (Wildman–Crippen MR) is 114 cm³/mol. The summed E-state index contributed by atoms with van der Waals surface area (Å²) in [4.78, 5) is 18.6. The summed E-state index contributed by atoms with van der Waals surface area (Å²) in [5.74, 6) is 1.56. The number of fused-ring (bicyclic) bond motifs is 2. The molecule has 0 N–H and O–H groups in total. The fourth-order valence-corrected chi connectivity index (χ4v) is 6.50. The Morgan fingerprint density at radius 3 is 2.55 bits per heavy atom. The van der Waals surface area contributed by atoms with E-state index in [-0.39, 0.29) is 16.7 Å². The predicted octanol–water partition coefficient (Wildman–Crippen LogP) is 2.99. The molecule has 0 atom stereocenters.